The summed E-state index contributed by atoms with van der Waals surface area (Å²) in [4.78, 5) is 4.92. The van der Waals surface area contributed by atoms with Crippen LogP contribution in [0.1, 0.15) is 32.6 Å². The smallest absolute Gasteiger partial charge is 0.0774 e. The van der Waals surface area contributed by atoms with Crippen molar-refractivity contribution in [1.82, 2.24) is 9.80 Å². The van der Waals surface area contributed by atoms with E-state index in [4.69, 9.17) is 0 Å². The third-order valence-electron chi connectivity index (χ3n) is 3.96. The van der Waals surface area contributed by atoms with Crippen LogP contribution in [0.4, 0.5) is 0 Å². The second-order valence-electron chi connectivity index (χ2n) is 5.14. The first-order chi connectivity index (χ1) is 7.22. The van der Waals surface area contributed by atoms with Crippen LogP contribution in [0.3, 0.4) is 0 Å². The molecule has 0 radical (unpaired) electrons. The summed E-state index contributed by atoms with van der Waals surface area (Å²) < 4.78 is 0. The molecule has 2 rings (SSSR count). The molecule has 0 aromatic rings. The minimum absolute atomic E-state index is 0.353. The highest BCUT2D eigenvalue weighted by molar-refractivity contribution is 4.88. The summed E-state index contributed by atoms with van der Waals surface area (Å²) in [6, 6.07) is 0. The molecule has 15 heavy (non-hydrogen) atoms. The van der Waals surface area contributed by atoms with Gasteiger partial charge in [0.1, 0.15) is 0 Å². The molecule has 0 atom stereocenters. The van der Waals surface area contributed by atoms with Gasteiger partial charge in [-0.2, -0.15) is 0 Å². The number of β-amino-alcohol motifs (C(OH)–C–C–N with tert-alkyl or cyclic N) is 1. The molecule has 0 amide bonds. The molecule has 0 aromatic heterocycles. The highest BCUT2D eigenvalue weighted by atomic mass is 16.3. The summed E-state index contributed by atoms with van der Waals surface area (Å²) in [7, 11) is 0. The summed E-state index contributed by atoms with van der Waals surface area (Å²) in [6.07, 6.45) is 4.46. The third-order valence-corrected chi connectivity index (χ3v) is 3.96. The van der Waals surface area contributed by atoms with E-state index in [9.17, 15) is 5.11 Å². The average Bonchev–Trinajstić information content (AvgIpc) is 2.66. The average molecular weight is 212 g/mol. The molecule has 1 saturated heterocycles. The Labute approximate surface area is 93.1 Å². The van der Waals surface area contributed by atoms with Gasteiger partial charge in [0, 0.05) is 32.7 Å². The summed E-state index contributed by atoms with van der Waals surface area (Å²) in [5.41, 5.74) is -0.353. The fraction of sp³-hybridized carbons (Fsp3) is 1.00. The van der Waals surface area contributed by atoms with E-state index in [1.54, 1.807) is 0 Å². The van der Waals surface area contributed by atoms with E-state index in [-0.39, 0.29) is 5.60 Å². The normalized spacial score (nSPS) is 28.4. The van der Waals surface area contributed by atoms with Crippen molar-refractivity contribution in [2.75, 3.05) is 39.3 Å². The highest BCUT2D eigenvalue weighted by Crippen LogP contribution is 2.30. The lowest BCUT2D eigenvalue weighted by Gasteiger charge is -2.37. The fourth-order valence-electron chi connectivity index (χ4n) is 2.87. The van der Waals surface area contributed by atoms with E-state index in [1.165, 1.54) is 25.9 Å². The minimum Gasteiger partial charge on any atom is -0.389 e. The molecule has 2 aliphatic rings. The molecule has 0 unspecified atom stereocenters. The SMILES string of the molecule is CCN1CCN(CC2(O)CCCC2)CC1. The van der Waals surface area contributed by atoms with Crippen molar-refractivity contribution in [3.63, 3.8) is 0 Å². The van der Waals surface area contributed by atoms with E-state index in [0.29, 0.717) is 0 Å². The summed E-state index contributed by atoms with van der Waals surface area (Å²) in [6.45, 7) is 8.91. The molecule has 1 aliphatic heterocycles. The van der Waals surface area contributed by atoms with Crippen molar-refractivity contribution >= 4 is 0 Å². The van der Waals surface area contributed by atoms with Crippen LogP contribution in [0.15, 0.2) is 0 Å². The van der Waals surface area contributed by atoms with Gasteiger partial charge in [-0.25, -0.2) is 0 Å². The fourth-order valence-corrected chi connectivity index (χ4v) is 2.87. The van der Waals surface area contributed by atoms with Gasteiger partial charge in [-0.1, -0.05) is 19.8 Å². The Kier molecular flexibility index (Phi) is 3.65. The maximum atomic E-state index is 10.3. The van der Waals surface area contributed by atoms with Crippen LogP contribution in [0, 0.1) is 0 Å². The molecule has 0 bridgehead atoms. The van der Waals surface area contributed by atoms with Crippen LogP contribution < -0.4 is 0 Å². The number of hydrogen-bond donors (Lipinski definition) is 1. The third kappa shape index (κ3) is 2.92. The van der Waals surface area contributed by atoms with E-state index in [2.05, 4.69) is 16.7 Å². The molecule has 0 spiro atoms. The Balaban J connectivity index is 1.76. The maximum absolute atomic E-state index is 10.3. The second kappa shape index (κ2) is 4.81. The molecular weight excluding hydrogens is 188 g/mol. The Morgan fingerprint density at radius 3 is 2.07 bits per heavy atom. The quantitative estimate of drug-likeness (QED) is 0.754. The largest absolute Gasteiger partial charge is 0.389 e. The Hall–Kier alpha value is -0.120. The zero-order chi connectivity index (χ0) is 10.7. The standard InChI is InChI=1S/C12H24N2O/c1-2-13-7-9-14(10-8-13)11-12(15)5-3-4-6-12/h15H,2-11H2,1H3. The van der Waals surface area contributed by atoms with Crippen molar-refractivity contribution in [3.8, 4) is 0 Å². The lowest BCUT2D eigenvalue weighted by Crippen LogP contribution is -2.51. The van der Waals surface area contributed by atoms with Gasteiger partial charge in [0.2, 0.25) is 0 Å². The molecule has 3 nitrogen and oxygen atoms in total. The molecule has 1 aliphatic carbocycles. The van der Waals surface area contributed by atoms with E-state index >= 15 is 0 Å². The van der Waals surface area contributed by atoms with Crippen LogP contribution in [0.25, 0.3) is 0 Å². The van der Waals surface area contributed by atoms with E-state index in [1.807, 2.05) is 0 Å². The molecule has 3 heteroatoms. The summed E-state index contributed by atoms with van der Waals surface area (Å²) >= 11 is 0. The molecule has 88 valence electrons. The molecule has 2 fully saturated rings. The van der Waals surface area contributed by atoms with Gasteiger partial charge in [-0.15, -0.1) is 0 Å². The van der Waals surface area contributed by atoms with Gasteiger partial charge >= 0.3 is 0 Å². The number of nitrogens with zero attached hydrogens (tertiary/aromatic N) is 2. The first-order valence-electron chi connectivity index (χ1n) is 6.39. The molecule has 1 saturated carbocycles. The van der Waals surface area contributed by atoms with Gasteiger partial charge in [0.05, 0.1) is 5.60 Å². The molecular formula is C12H24N2O. The van der Waals surface area contributed by atoms with Crippen LogP contribution in [-0.4, -0.2) is 59.8 Å². The predicted octanol–water partition coefficient (Wildman–Crippen LogP) is 0.929. The van der Waals surface area contributed by atoms with Crippen LogP contribution in [0.2, 0.25) is 0 Å². The van der Waals surface area contributed by atoms with Crippen LogP contribution in [0.5, 0.6) is 0 Å². The minimum atomic E-state index is -0.353. The Bertz CT molecular complexity index is 194. The maximum Gasteiger partial charge on any atom is 0.0774 e. The van der Waals surface area contributed by atoms with Crippen molar-refractivity contribution in [3.05, 3.63) is 0 Å². The number of aliphatic hydroxyl groups is 1. The van der Waals surface area contributed by atoms with E-state index in [0.717, 1.165) is 39.0 Å². The zero-order valence-electron chi connectivity index (χ0n) is 9.91. The number of hydrogen-bond acceptors (Lipinski definition) is 3. The van der Waals surface area contributed by atoms with Gasteiger partial charge in [-0.05, 0) is 19.4 Å². The summed E-state index contributed by atoms with van der Waals surface area (Å²) in [5, 5.41) is 10.3. The molecule has 1 heterocycles. The Morgan fingerprint density at radius 2 is 1.53 bits per heavy atom. The Morgan fingerprint density at radius 1 is 1.00 bits per heavy atom. The van der Waals surface area contributed by atoms with Crippen molar-refractivity contribution in [1.29, 1.82) is 0 Å². The highest BCUT2D eigenvalue weighted by Gasteiger charge is 2.33. The number of piperazine rings is 1. The second-order valence-corrected chi connectivity index (χ2v) is 5.14. The predicted molar refractivity (Wildman–Crippen MR) is 62.0 cm³/mol. The molecule has 1 N–H and O–H groups in total. The first-order valence-corrected chi connectivity index (χ1v) is 6.39. The molecule has 0 aromatic carbocycles. The van der Waals surface area contributed by atoms with Crippen molar-refractivity contribution in [2.24, 2.45) is 0 Å². The lowest BCUT2D eigenvalue weighted by atomic mass is 10.0. The van der Waals surface area contributed by atoms with Crippen molar-refractivity contribution in [2.45, 2.75) is 38.2 Å². The van der Waals surface area contributed by atoms with Gasteiger partial charge < -0.3 is 10.0 Å². The van der Waals surface area contributed by atoms with E-state index < -0.39 is 0 Å². The lowest BCUT2D eigenvalue weighted by molar-refractivity contribution is -0.00399. The summed E-state index contributed by atoms with van der Waals surface area (Å²) in [5.74, 6) is 0. The zero-order valence-corrected chi connectivity index (χ0v) is 9.91. The van der Waals surface area contributed by atoms with Crippen molar-refractivity contribution < 1.29 is 5.11 Å². The monoisotopic (exact) mass is 212 g/mol. The number of likely N-dealkylation sites (N-methyl/N-ethyl adjacent to an activating group) is 1. The number of rotatable bonds is 3. The van der Waals surface area contributed by atoms with Crippen LogP contribution in [-0.2, 0) is 0 Å². The first kappa shape index (κ1) is 11.4. The van der Waals surface area contributed by atoms with Crippen LogP contribution >= 0.6 is 0 Å². The topological polar surface area (TPSA) is 26.7 Å². The van der Waals surface area contributed by atoms with Gasteiger partial charge in [0.25, 0.3) is 0 Å². The van der Waals surface area contributed by atoms with Gasteiger partial charge in [-0.3, -0.25) is 4.90 Å². The van der Waals surface area contributed by atoms with Gasteiger partial charge in [0.15, 0.2) is 0 Å².